The topological polar surface area (TPSA) is 17.1 Å². The Bertz CT molecular complexity index is 147. The summed E-state index contributed by atoms with van der Waals surface area (Å²) in [6.07, 6.45) is 1.78. The van der Waals surface area contributed by atoms with Crippen molar-refractivity contribution in [1.29, 1.82) is 0 Å². The summed E-state index contributed by atoms with van der Waals surface area (Å²) in [6, 6.07) is 3.56. The minimum absolute atomic E-state index is 0. The first-order valence-electron chi connectivity index (χ1n) is 1.85. The molecule has 0 aromatic carbocycles. The number of thiophene rings is 1. The second kappa shape index (κ2) is 2.53. The third-order valence-corrected chi connectivity index (χ3v) is 1.39. The molecule has 0 radical (unpaired) electrons. The third kappa shape index (κ3) is 0.914. The molecule has 0 spiro atoms. The van der Waals surface area contributed by atoms with Crippen LogP contribution < -0.4 is 0 Å². The van der Waals surface area contributed by atoms with Crippen molar-refractivity contribution < 1.29 is 4.79 Å². The van der Waals surface area contributed by atoms with Gasteiger partial charge in [0, 0.05) is 6.29 Å². The normalized spacial score (nSPS) is 7.50. The molecule has 0 fully saturated rings. The molecule has 0 aliphatic rings. The van der Waals surface area contributed by atoms with Crippen LogP contribution in [0.1, 0.15) is 4.88 Å². The number of carbonyl (C=O) groups excluding carboxylic acids is 1. The van der Waals surface area contributed by atoms with E-state index in [0.717, 1.165) is 0 Å². The summed E-state index contributed by atoms with van der Waals surface area (Å²) in [4.78, 5) is 10.4. The van der Waals surface area contributed by atoms with Gasteiger partial charge in [-0.3, -0.25) is 0 Å². The zero-order chi connectivity index (χ0) is 5.11. The monoisotopic (exact) mass is 378 g/mol. The molecule has 1 aromatic rings. The molecule has 0 bridgehead atoms. The predicted molar refractivity (Wildman–Crippen MR) is 29.1 cm³/mol. The van der Waals surface area contributed by atoms with E-state index >= 15 is 0 Å². The fourth-order valence-corrected chi connectivity index (χ4v) is 0.846. The maximum absolute atomic E-state index is 9.75. The molecular formula is C5H3ORfS-. The smallest absolute Gasteiger partial charge is 0.00367 e. The van der Waals surface area contributed by atoms with Crippen LogP contribution in [0, 0.1) is 0 Å². The van der Waals surface area contributed by atoms with E-state index in [4.69, 9.17) is 0 Å². The quantitative estimate of drug-likeness (QED) is 0.672. The molecule has 1 aromatic heterocycles. The molecule has 0 N–H and O–H groups in total. The summed E-state index contributed by atoms with van der Waals surface area (Å²) < 4.78 is 0. The second-order valence-electron chi connectivity index (χ2n) is 1.08. The molecule has 0 aliphatic heterocycles. The van der Waals surface area contributed by atoms with E-state index in [0.29, 0.717) is 4.88 Å². The van der Waals surface area contributed by atoms with Gasteiger partial charge < -0.3 is 4.79 Å². The molecule has 1 nitrogen and oxygen atoms in total. The summed E-state index contributed by atoms with van der Waals surface area (Å²) in [6.45, 7) is 0. The Hall–Kier alpha value is -1.63. The van der Waals surface area contributed by atoms with Gasteiger partial charge in [0.25, 0.3) is 0 Å². The van der Waals surface area contributed by atoms with Crippen molar-refractivity contribution in [1.82, 2.24) is 0 Å². The standard InChI is InChI=1S/C5H3OS.Rf/c6-4-5-2-1-3-7-5;/h1-3H;/q-1;. The Balaban J connectivity index is 0.000000490. The van der Waals surface area contributed by atoms with Crippen LogP contribution in [0.5, 0.6) is 0 Å². The van der Waals surface area contributed by atoms with Gasteiger partial charge in [-0.15, -0.1) is 10.9 Å². The van der Waals surface area contributed by atoms with Crippen molar-refractivity contribution >= 4 is 17.6 Å². The SMILES string of the molecule is O=[C-]c1cccs1.[Rf]. The third-order valence-electron chi connectivity index (χ3n) is 0.622. The van der Waals surface area contributed by atoms with Gasteiger partial charge >= 0.3 is 0 Å². The van der Waals surface area contributed by atoms with Gasteiger partial charge in [0.2, 0.25) is 0 Å². The van der Waals surface area contributed by atoms with Gasteiger partial charge in [-0.25, -0.2) is 0 Å². The number of hydrogen-bond acceptors (Lipinski definition) is 2. The van der Waals surface area contributed by atoms with Gasteiger partial charge in [-0.2, -0.15) is 17.4 Å². The Morgan fingerprint density at radius 2 is 2.38 bits per heavy atom. The maximum atomic E-state index is 9.75. The molecule has 0 unspecified atom stereocenters. The number of rotatable bonds is 1. The minimum Gasteiger partial charge on any atom is -0.417 e. The Kier molecular flexibility index (Phi) is 2.01. The van der Waals surface area contributed by atoms with Crippen molar-refractivity contribution in [2.45, 2.75) is 0 Å². The maximum Gasteiger partial charge on any atom is 0.00367 e. The van der Waals surface area contributed by atoms with E-state index in [2.05, 4.69) is 0 Å². The summed E-state index contributed by atoms with van der Waals surface area (Å²) in [5.41, 5.74) is 0. The molecule has 0 atom stereocenters. The van der Waals surface area contributed by atoms with E-state index in [-0.39, 0.29) is 0 Å². The van der Waals surface area contributed by atoms with Crippen LogP contribution in [0.3, 0.4) is 0 Å². The van der Waals surface area contributed by atoms with Crippen LogP contribution in [-0.4, -0.2) is 6.29 Å². The van der Waals surface area contributed by atoms with Crippen LogP contribution in [0.25, 0.3) is 0 Å². The zero-order valence-corrected chi connectivity index (χ0v) is 11.5. The zero-order valence-electron chi connectivity index (χ0n) is 4.26. The van der Waals surface area contributed by atoms with Gasteiger partial charge in [0.1, 0.15) is 0 Å². The van der Waals surface area contributed by atoms with Crippen molar-refractivity contribution in [2.75, 3.05) is 0 Å². The van der Waals surface area contributed by atoms with Gasteiger partial charge in [0.15, 0.2) is 0 Å². The summed E-state index contributed by atoms with van der Waals surface area (Å²) in [5.74, 6) is 0. The Labute approximate surface area is 45.6 Å². The van der Waals surface area contributed by atoms with Crippen LogP contribution in [0.2, 0.25) is 0 Å². The molecule has 0 aliphatic carbocycles. The van der Waals surface area contributed by atoms with Crippen molar-refractivity contribution in [3.8, 4) is 0 Å². The average molecular weight is 378 g/mol. The van der Waals surface area contributed by atoms with Gasteiger partial charge in [-0.1, -0.05) is 0 Å². The first kappa shape index (κ1) is 6.37. The van der Waals surface area contributed by atoms with E-state index in [1.54, 1.807) is 12.4 Å². The number of hydrogen-bond donors (Lipinski definition) is 0. The van der Waals surface area contributed by atoms with Crippen LogP contribution in [-0.2, 0) is 4.79 Å². The summed E-state index contributed by atoms with van der Waals surface area (Å²) >= 11 is 1.40. The average Bonchev–Trinajstić information content (AvgIpc) is 2.14. The molecule has 0 saturated carbocycles. The van der Waals surface area contributed by atoms with Crippen molar-refractivity contribution in [2.24, 2.45) is 0 Å². The molecular weight excluding hydrogens is 375 g/mol. The van der Waals surface area contributed by atoms with Gasteiger partial charge in [-0.05, 0) is 5.38 Å². The predicted octanol–water partition coefficient (Wildman–Crippen LogP) is 1.21. The largest absolute Gasteiger partial charge is 0.417 e. The van der Waals surface area contributed by atoms with E-state index in [1.807, 2.05) is 11.4 Å². The molecule has 1 rings (SSSR count). The second-order valence-corrected chi connectivity index (χ2v) is 2.03. The molecule has 3 heteroatoms. The first-order valence-corrected chi connectivity index (χ1v) is 2.73. The van der Waals surface area contributed by atoms with Crippen molar-refractivity contribution in [3.05, 3.63) is 22.4 Å². The molecule has 1 heterocycles. The summed E-state index contributed by atoms with van der Waals surface area (Å²) in [7, 11) is 0. The van der Waals surface area contributed by atoms with E-state index < -0.39 is 0 Å². The summed E-state index contributed by atoms with van der Waals surface area (Å²) in [5, 5.41) is 1.85. The fourth-order valence-electron chi connectivity index (χ4n) is 0.337. The first-order chi connectivity index (χ1) is 3.43. The molecule has 38 valence electrons. The van der Waals surface area contributed by atoms with Gasteiger partial charge in [0.05, 0.1) is 0 Å². The van der Waals surface area contributed by atoms with E-state index in [9.17, 15) is 4.79 Å². The molecule has 0 saturated heterocycles. The minimum atomic E-state index is 0. The van der Waals surface area contributed by atoms with Crippen molar-refractivity contribution in [3.63, 3.8) is 0 Å². The fraction of sp³-hybridized carbons (Fsp3) is 0. The van der Waals surface area contributed by atoms with Crippen LogP contribution in [0.4, 0.5) is 0 Å². The van der Waals surface area contributed by atoms with Crippen LogP contribution in [0.15, 0.2) is 17.5 Å². The Morgan fingerprint density at radius 3 is 2.62 bits per heavy atom. The Morgan fingerprint density at radius 1 is 1.62 bits per heavy atom. The van der Waals surface area contributed by atoms with E-state index in [1.165, 1.54) is 11.3 Å². The molecule has 0 amide bonds. The molecule has 8 heavy (non-hydrogen) atoms. The van der Waals surface area contributed by atoms with Crippen LogP contribution >= 0.6 is 11.3 Å².